The highest BCUT2D eigenvalue weighted by molar-refractivity contribution is 7.56. The number of nitrogens with zero attached hydrogens (tertiary/aromatic N) is 1. The van der Waals surface area contributed by atoms with Gasteiger partial charge in [0.25, 0.3) is 7.52 Å². The molecule has 1 unspecified atom stereocenters. The molecule has 0 amide bonds. The molecule has 10 heavy (non-hydrogen) atoms. The molecule has 0 aromatic rings. The molecule has 0 aromatic carbocycles. The van der Waals surface area contributed by atoms with Gasteiger partial charge in [-0.15, -0.1) is 0 Å². The molecule has 0 saturated carbocycles. The molecule has 4 heteroatoms. The molecule has 1 atom stereocenters. The molecule has 3 nitrogen and oxygen atoms in total. The van der Waals surface area contributed by atoms with Gasteiger partial charge in [-0.25, -0.2) is 4.67 Å². The number of rotatable bonds is 2. The van der Waals surface area contributed by atoms with Crippen LogP contribution in [-0.4, -0.2) is 31.0 Å². The van der Waals surface area contributed by atoms with E-state index in [1.54, 1.807) is 0 Å². The van der Waals surface area contributed by atoms with Crippen molar-refractivity contribution in [2.75, 3.05) is 26.4 Å². The van der Waals surface area contributed by atoms with Crippen LogP contribution in [0.4, 0.5) is 0 Å². The summed E-state index contributed by atoms with van der Waals surface area (Å²) in [5, 5.41) is 0. The van der Waals surface area contributed by atoms with Crippen LogP contribution in [0.1, 0.15) is 13.3 Å². The maximum absolute atomic E-state index is 11.6. The average Bonchev–Trinajstić information content (AvgIpc) is 2.15. The van der Waals surface area contributed by atoms with Gasteiger partial charge in [-0.05, 0) is 20.4 Å². The monoisotopic (exact) mass is 163 g/mol. The standard InChI is InChI=1S/C6H14NO2P/c1-3-9-10(8)6-4-5-7(10)2/h3-6H2,1-2H3. The Hall–Kier alpha value is 0.150. The summed E-state index contributed by atoms with van der Waals surface area (Å²) in [4.78, 5) is 0. The van der Waals surface area contributed by atoms with E-state index in [1.165, 1.54) is 0 Å². The summed E-state index contributed by atoms with van der Waals surface area (Å²) < 4.78 is 18.7. The van der Waals surface area contributed by atoms with Crippen molar-refractivity contribution in [3.8, 4) is 0 Å². The fraction of sp³-hybridized carbons (Fsp3) is 1.00. The van der Waals surface area contributed by atoms with Crippen LogP contribution < -0.4 is 0 Å². The van der Waals surface area contributed by atoms with Crippen LogP contribution in [0, 0.1) is 0 Å². The molecule has 0 aliphatic carbocycles. The minimum Gasteiger partial charge on any atom is -0.318 e. The topological polar surface area (TPSA) is 29.5 Å². The van der Waals surface area contributed by atoms with E-state index < -0.39 is 7.52 Å². The normalized spacial score (nSPS) is 35.0. The third kappa shape index (κ3) is 1.42. The van der Waals surface area contributed by atoms with Crippen LogP contribution in [0.5, 0.6) is 0 Å². The molecule has 60 valence electrons. The lowest BCUT2D eigenvalue weighted by molar-refractivity contribution is 0.301. The third-order valence-corrected chi connectivity index (χ3v) is 4.56. The molecule has 0 spiro atoms. The summed E-state index contributed by atoms with van der Waals surface area (Å²) >= 11 is 0. The van der Waals surface area contributed by atoms with E-state index in [0.29, 0.717) is 6.61 Å². The second-order valence-corrected chi connectivity index (χ2v) is 5.18. The summed E-state index contributed by atoms with van der Waals surface area (Å²) in [6.45, 7) is 3.35. The molecular formula is C6H14NO2P. The quantitative estimate of drug-likeness (QED) is 0.578. The highest BCUT2D eigenvalue weighted by Crippen LogP contribution is 2.53. The molecule has 0 bridgehead atoms. The lowest BCUT2D eigenvalue weighted by Gasteiger charge is -2.18. The van der Waals surface area contributed by atoms with Gasteiger partial charge in [0.05, 0.1) is 6.61 Å². The zero-order chi connectivity index (χ0) is 7.61. The Bertz CT molecular complexity index is 160. The first kappa shape index (κ1) is 8.25. The van der Waals surface area contributed by atoms with E-state index in [1.807, 2.05) is 18.6 Å². The Morgan fingerprint density at radius 3 is 2.80 bits per heavy atom. The highest BCUT2D eigenvalue weighted by Gasteiger charge is 2.33. The summed E-state index contributed by atoms with van der Waals surface area (Å²) in [7, 11) is -0.463. The zero-order valence-electron chi connectivity index (χ0n) is 6.54. The Kier molecular flexibility index (Phi) is 2.50. The molecule has 1 saturated heterocycles. The summed E-state index contributed by atoms with van der Waals surface area (Å²) in [5.41, 5.74) is 0. The molecule has 0 N–H and O–H groups in total. The smallest absolute Gasteiger partial charge is 0.272 e. The van der Waals surface area contributed by atoms with Gasteiger partial charge in [0.15, 0.2) is 0 Å². The van der Waals surface area contributed by atoms with Gasteiger partial charge in [-0.2, -0.15) is 0 Å². The van der Waals surface area contributed by atoms with Gasteiger partial charge < -0.3 is 4.52 Å². The van der Waals surface area contributed by atoms with Crippen molar-refractivity contribution in [1.29, 1.82) is 0 Å². The Labute approximate surface area is 61.9 Å². The van der Waals surface area contributed by atoms with Crippen LogP contribution in [0.3, 0.4) is 0 Å². The largest absolute Gasteiger partial charge is 0.318 e. The van der Waals surface area contributed by atoms with E-state index >= 15 is 0 Å². The minimum absolute atomic E-state index is 0.557. The van der Waals surface area contributed by atoms with E-state index in [4.69, 9.17) is 4.52 Å². The predicted octanol–water partition coefficient (Wildman–Crippen LogP) is 1.55. The molecule has 1 fully saturated rings. The van der Waals surface area contributed by atoms with Crippen molar-refractivity contribution in [3.63, 3.8) is 0 Å². The van der Waals surface area contributed by atoms with Crippen LogP contribution in [0.15, 0.2) is 0 Å². The van der Waals surface area contributed by atoms with Crippen molar-refractivity contribution in [2.45, 2.75) is 13.3 Å². The Morgan fingerprint density at radius 1 is 1.70 bits per heavy atom. The molecular weight excluding hydrogens is 149 g/mol. The van der Waals surface area contributed by atoms with E-state index in [2.05, 4.69) is 0 Å². The Morgan fingerprint density at radius 2 is 2.40 bits per heavy atom. The first-order valence-electron chi connectivity index (χ1n) is 3.64. The average molecular weight is 163 g/mol. The fourth-order valence-corrected chi connectivity index (χ4v) is 3.25. The van der Waals surface area contributed by atoms with Crippen LogP contribution >= 0.6 is 7.52 Å². The lowest BCUT2D eigenvalue weighted by atomic mass is 10.5. The van der Waals surface area contributed by atoms with Crippen molar-refractivity contribution >= 4 is 7.52 Å². The molecule has 0 radical (unpaired) electrons. The maximum Gasteiger partial charge on any atom is 0.272 e. The van der Waals surface area contributed by atoms with Crippen LogP contribution in [0.2, 0.25) is 0 Å². The molecule has 1 rings (SSSR count). The van der Waals surface area contributed by atoms with Crippen LogP contribution in [-0.2, 0) is 9.09 Å². The first-order valence-corrected chi connectivity index (χ1v) is 5.40. The number of hydrogen-bond donors (Lipinski definition) is 0. The zero-order valence-corrected chi connectivity index (χ0v) is 7.43. The van der Waals surface area contributed by atoms with E-state index in [-0.39, 0.29) is 0 Å². The van der Waals surface area contributed by atoms with Gasteiger partial charge in [0, 0.05) is 12.7 Å². The molecule has 0 aromatic heterocycles. The molecule has 1 heterocycles. The van der Waals surface area contributed by atoms with Crippen molar-refractivity contribution in [2.24, 2.45) is 0 Å². The summed E-state index contributed by atoms with van der Waals surface area (Å²) in [5.74, 6) is 0. The second kappa shape index (κ2) is 3.04. The SMILES string of the molecule is CCOP1(=O)CCCN1C. The number of hydrogen-bond acceptors (Lipinski definition) is 2. The van der Waals surface area contributed by atoms with Crippen molar-refractivity contribution in [1.82, 2.24) is 4.67 Å². The predicted molar refractivity (Wildman–Crippen MR) is 41.3 cm³/mol. The molecule has 1 aliphatic heterocycles. The van der Waals surface area contributed by atoms with E-state index in [0.717, 1.165) is 19.1 Å². The first-order chi connectivity index (χ1) is 4.69. The van der Waals surface area contributed by atoms with E-state index in [9.17, 15) is 4.57 Å². The van der Waals surface area contributed by atoms with Gasteiger partial charge in [-0.1, -0.05) is 0 Å². The summed E-state index contributed by atoms with van der Waals surface area (Å²) in [6.07, 6.45) is 1.74. The highest BCUT2D eigenvalue weighted by atomic mass is 31.2. The van der Waals surface area contributed by atoms with Gasteiger partial charge in [0.1, 0.15) is 0 Å². The third-order valence-electron chi connectivity index (χ3n) is 1.77. The fourth-order valence-electron chi connectivity index (χ4n) is 1.19. The lowest BCUT2D eigenvalue weighted by Crippen LogP contribution is -2.10. The summed E-state index contributed by atoms with van der Waals surface area (Å²) in [6, 6.07) is 0. The molecule has 1 aliphatic rings. The van der Waals surface area contributed by atoms with Crippen LogP contribution in [0.25, 0.3) is 0 Å². The Balaban J connectivity index is 2.57. The maximum atomic E-state index is 11.6. The van der Waals surface area contributed by atoms with Gasteiger partial charge >= 0.3 is 0 Å². The second-order valence-electron chi connectivity index (χ2n) is 2.51. The van der Waals surface area contributed by atoms with Gasteiger partial charge in [-0.3, -0.25) is 4.57 Å². The van der Waals surface area contributed by atoms with Gasteiger partial charge in [0.2, 0.25) is 0 Å². The van der Waals surface area contributed by atoms with Crippen molar-refractivity contribution in [3.05, 3.63) is 0 Å². The van der Waals surface area contributed by atoms with Crippen molar-refractivity contribution < 1.29 is 9.09 Å². The minimum atomic E-state index is -2.33.